The Balaban J connectivity index is 2.21. The second-order valence-corrected chi connectivity index (χ2v) is 4.98. The van der Waals surface area contributed by atoms with E-state index in [2.05, 4.69) is 39.3 Å². The molecular weight excluding hydrogens is 260 g/mol. The summed E-state index contributed by atoms with van der Waals surface area (Å²) in [5, 5.41) is 4.27. The quantitative estimate of drug-likeness (QED) is 0.795. The van der Waals surface area contributed by atoms with E-state index in [4.69, 9.17) is 0 Å². The number of rotatable bonds is 3. The molecule has 0 atom stereocenters. The lowest BCUT2D eigenvalue weighted by molar-refractivity contribution is 0.935. The Bertz CT molecular complexity index is 796. The lowest BCUT2D eigenvalue weighted by Crippen LogP contribution is -2.04. The van der Waals surface area contributed by atoms with E-state index < -0.39 is 0 Å². The Morgan fingerprint density at radius 1 is 1.14 bits per heavy atom. The maximum absolute atomic E-state index is 4.69. The Morgan fingerprint density at radius 2 is 1.95 bits per heavy atom. The normalized spacial score (nSPS) is 10.8. The van der Waals surface area contributed by atoms with Crippen LogP contribution in [0.1, 0.15) is 18.3 Å². The third kappa shape index (κ3) is 2.44. The molecule has 1 aromatic carbocycles. The fraction of sp³-hybridized carbons (Fsp3) is 0.235. The number of fused-ring (bicyclic) bond motifs is 1. The van der Waals surface area contributed by atoms with Crippen molar-refractivity contribution in [2.75, 3.05) is 12.4 Å². The Morgan fingerprint density at radius 3 is 2.71 bits per heavy atom. The minimum absolute atomic E-state index is 0.809. The van der Waals surface area contributed by atoms with Gasteiger partial charge in [-0.1, -0.05) is 25.1 Å². The van der Waals surface area contributed by atoms with Crippen LogP contribution in [0.4, 0.5) is 5.82 Å². The Kier molecular flexibility index (Phi) is 3.52. The first-order valence-corrected chi connectivity index (χ1v) is 7.13. The second-order valence-electron chi connectivity index (χ2n) is 4.98. The monoisotopic (exact) mass is 278 g/mol. The predicted molar refractivity (Wildman–Crippen MR) is 86.4 cm³/mol. The van der Waals surface area contributed by atoms with Crippen molar-refractivity contribution in [2.24, 2.45) is 0 Å². The van der Waals surface area contributed by atoms with Gasteiger partial charge < -0.3 is 5.32 Å². The van der Waals surface area contributed by atoms with Crippen molar-refractivity contribution in [3.63, 3.8) is 0 Å². The molecule has 4 nitrogen and oxygen atoms in total. The van der Waals surface area contributed by atoms with Crippen molar-refractivity contribution in [2.45, 2.75) is 20.3 Å². The lowest BCUT2D eigenvalue weighted by atomic mass is 10.1. The van der Waals surface area contributed by atoms with Gasteiger partial charge in [-0.25, -0.2) is 9.97 Å². The number of nitrogens with zero attached hydrogens (tertiary/aromatic N) is 3. The molecule has 0 aliphatic carbocycles. The SMILES string of the molecule is CCc1nc(NC)c(C)c(-c2cnc3ccccc3c2)n1. The lowest BCUT2D eigenvalue weighted by Gasteiger charge is -2.12. The minimum atomic E-state index is 0.809. The molecule has 0 aliphatic rings. The van der Waals surface area contributed by atoms with Crippen LogP contribution in [0.3, 0.4) is 0 Å². The van der Waals surface area contributed by atoms with Gasteiger partial charge in [-0.15, -0.1) is 0 Å². The average Bonchev–Trinajstić information content (AvgIpc) is 2.54. The highest BCUT2D eigenvalue weighted by molar-refractivity contribution is 5.83. The smallest absolute Gasteiger partial charge is 0.132 e. The van der Waals surface area contributed by atoms with Gasteiger partial charge in [-0.05, 0) is 19.1 Å². The van der Waals surface area contributed by atoms with Crippen LogP contribution >= 0.6 is 0 Å². The second kappa shape index (κ2) is 5.48. The van der Waals surface area contributed by atoms with E-state index >= 15 is 0 Å². The third-order valence-electron chi connectivity index (χ3n) is 3.61. The van der Waals surface area contributed by atoms with Gasteiger partial charge in [0.25, 0.3) is 0 Å². The molecule has 3 rings (SSSR count). The van der Waals surface area contributed by atoms with Gasteiger partial charge in [0, 0.05) is 36.2 Å². The van der Waals surface area contributed by atoms with Gasteiger partial charge in [0.05, 0.1) is 11.2 Å². The van der Waals surface area contributed by atoms with Crippen LogP contribution in [0.2, 0.25) is 0 Å². The molecule has 1 N–H and O–H groups in total. The van der Waals surface area contributed by atoms with Crippen molar-refractivity contribution < 1.29 is 0 Å². The molecule has 0 saturated carbocycles. The van der Waals surface area contributed by atoms with Gasteiger partial charge >= 0.3 is 0 Å². The van der Waals surface area contributed by atoms with Crippen molar-refractivity contribution in [1.82, 2.24) is 15.0 Å². The summed E-state index contributed by atoms with van der Waals surface area (Å²) in [6, 6.07) is 10.2. The molecule has 0 fully saturated rings. The topological polar surface area (TPSA) is 50.7 Å². The van der Waals surface area contributed by atoms with E-state index in [0.717, 1.165) is 45.8 Å². The molecule has 0 saturated heterocycles. The number of para-hydroxylation sites is 1. The zero-order valence-corrected chi connectivity index (χ0v) is 12.5. The first-order chi connectivity index (χ1) is 10.2. The van der Waals surface area contributed by atoms with Gasteiger partial charge in [-0.2, -0.15) is 0 Å². The standard InChI is InChI=1S/C17H18N4/c1-4-15-20-16(11(2)17(18-3)21-15)13-9-12-7-5-6-8-14(12)19-10-13/h5-10H,4H2,1-3H3,(H,18,20,21). The zero-order chi connectivity index (χ0) is 14.8. The number of hydrogen-bond donors (Lipinski definition) is 1. The number of aromatic nitrogens is 3. The summed E-state index contributed by atoms with van der Waals surface area (Å²) in [6.07, 6.45) is 2.69. The summed E-state index contributed by atoms with van der Waals surface area (Å²) in [7, 11) is 1.89. The molecule has 4 heteroatoms. The molecule has 106 valence electrons. The maximum Gasteiger partial charge on any atom is 0.132 e. The maximum atomic E-state index is 4.69. The summed E-state index contributed by atoms with van der Waals surface area (Å²) in [4.78, 5) is 13.7. The highest BCUT2D eigenvalue weighted by Crippen LogP contribution is 2.27. The average molecular weight is 278 g/mol. The van der Waals surface area contributed by atoms with Crippen molar-refractivity contribution in [1.29, 1.82) is 0 Å². The first kappa shape index (κ1) is 13.5. The van der Waals surface area contributed by atoms with E-state index in [1.807, 2.05) is 38.4 Å². The summed E-state index contributed by atoms with van der Waals surface area (Å²) >= 11 is 0. The largest absolute Gasteiger partial charge is 0.373 e. The summed E-state index contributed by atoms with van der Waals surface area (Å²) in [5.74, 6) is 1.72. The van der Waals surface area contributed by atoms with Crippen LogP contribution in [0, 0.1) is 6.92 Å². The minimum Gasteiger partial charge on any atom is -0.373 e. The van der Waals surface area contributed by atoms with Crippen molar-refractivity contribution >= 4 is 16.7 Å². The summed E-state index contributed by atoms with van der Waals surface area (Å²) in [6.45, 7) is 4.10. The number of anilines is 1. The predicted octanol–water partition coefficient (Wildman–Crippen LogP) is 3.60. The van der Waals surface area contributed by atoms with Gasteiger partial charge in [0.1, 0.15) is 11.6 Å². The van der Waals surface area contributed by atoms with E-state index in [1.165, 1.54) is 0 Å². The number of pyridine rings is 1. The molecule has 0 amide bonds. The third-order valence-corrected chi connectivity index (χ3v) is 3.61. The number of nitrogens with one attached hydrogen (secondary N) is 1. The highest BCUT2D eigenvalue weighted by Gasteiger charge is 2.12. The molecule has 3 aromatic rings. The molecule has 2 aromatic heterocycles. The van der Waals surface area contributed by atoms with Crippen molar-refractivity contribution in [3.05, 3.63) is 47.9 Å². The number of aryl methyl sites for hydroxylation is 1. The van der Waals surface area contributed by atoms with Gasteiger partial charge in [0.15, 0.2) is 0 Å². The Hall–Kier alpha value is -2.49. The van der Waals surface area contributed by atoms with Crippen LogP contribution in [0.15, 0.2) is 36.5 Å². The van der Waals surface area contributed by atoms with Crippen LogP contribution in [0.5, 0.6) is 0 Å². The van der Waals surface area contributed by atoms with E-state index in [1.54, 1.807) is 0 Å². The van der Waals surface area contributed by atoms with Crippen LogP contribution in [-0.4, -0.2) is 22.0 Å². The first-order valence-electron chi connectivity index (χ1n) is 7.13. The molecule has 2 heterocycles. The van der Waals surface area contributed by atoms with E-state index in [9.17, 15) is 0 Å². The molecule has 0 bridgehead atoms. The van der Waals surface area contributed by atoms with E-state index in [-0.39, 0.29) is 0 Å². The van der Waals surface area contributed by atoms with Crippen molar-refractivity contribution in [3.8, 4) is 11.3 Å². The molecule has 0 aliphatic heterocycles. The van der Waals surface area contributed by atoms with Gasteiger partial charge in [0.2, 0.25) is 0 Å². The highest BCUT2D eigenvalue weighted by atomic mass is 15.0. The number of hydrogen-bond acceptors (Lipinski definition) is 4. The molecule has 0 radical (unpaired) electrons. The molecule has 0 spiro atoms. The van der Waals surface area contributed by atoms with Crippen LogP contribution in [-0.2, 0) is 6.42 Å². The van der Waals surface area contributed by atoms with E-state index in [0.29, 0.717) is 0 Å². The van der Waals surface area contributed by atoms with Gasteiger partial charge in [-0.3, -0.25) is 4.98 Å². The van der Waals surface area contributed by atoms with Crippen LogP contribution < -0.4 is 5.32 Å². The molecular formula is C17H18N4. The fourth-order valence-corrected chi connectivity index (χ4v) is 2.45. The fourth-order valence-electron chi connectivity index (χ4n) is 2.45. The van der Waals surface area contributed by atoms with Crippen LogP contribution in [0.25, 0.3) is 22.2 Å². The molecule has 0 unspecified atom stereocenters. The Labute approximate surface area is 124 Å². The summed E-state index contributed by atoms with van der Waals surface area (Å²) in [5.41, 5.74) is 4.02. The summed E-state index contributed by atoms with van der Waals surface area (Å²) < 4.78 is 0. The number of benzene rings is 1. The molecule has 21 heavy (non-hydrogen) atoms. The zero-order valence-electron chi connectivity index (χ0n) is 12.5.